The highest BCUT2D eigenvalue weighted by molar-refractivity contribution is 6.31. The molecule has 0 aliphatic heterocycles. The van der Waals surface area contributed by atoms with Crippen LogP contribution in [0.25, 0.3) is 0 Å². The molecule has 0 heterocycles. The first-order chi connectivity index (χ1) is 8.45. The lowest BCUT2D eigenvalue weighted by Crippen LogP contribution is -2.43. The fourth-order valence-corrected chi connectivity index (χ4v) is 1.31. The Balaban J connectivity index is 2.75. The van der Waals surface area contributed by atoms with Gasteiger partial charge in [0.05, 0.1) is 12.3 Å². The maximum absolute atomic E-state index is 13.3. The second kappa shape index (κ2) is 6.32. The summed E-state index contributed by atoms with van der Waals surface area (Å²) in [7, 11) is 0. The van der Waals surface area contributed by atoms with E-state index in [2.05, 4.69) is 10.1 Å². The zero-order valence-electron chi connectivity index (χ0n) is 9.57. The number of hydrogen-bond acceptors (Lipinski definition) is 4. The number of hydrogen-bond donors (Lipinski definition) is 2. The zero-order chi connectivity index (χ0) is 13.7. The van der Waals surface area contributed by atoms with Gasteiger partial charge in [-0.15, -0.1) is 0 Å². The summed E-state index contributed by atoms with van der Waals surface area (Å²) in [5.74, 6) is -2.42. The van der Waals surface area contributed by atoms with Gasteiger partial charge in [0, 0.05) is 5.02 Å². The largest absolute Gasteiger partial charge is 0.464 e. The van der Waals surface area contributed by atoms with Crippen LogP contribution in [0, 0.1) is 5.82 Å². The van der Waals surface area contributed by atoms with Crippen molar-refractivity contribution in [2.45, 2.75) is 13.0 Å². The Morgan fingerprint density at radius 2 is 2.22 bits per heavy atom. The first kappa shape index (κ1) is 14.4. The van der Waals surface area contributed by atoms with Crippen LogP contribution in [0.1, 0.15) is 6.92 Å². The third-order valence-corrected chi connectivity index (χ3v) is 2.24. The van der Waals surface area contributed by atoms with E-state index in [9.17, 15) is 14.0 Å². The summed E-state index contributed by atoms with van der Waals surface area (Å²) in [6.45, 7) is 1.69. The molecule has 5 nitrogen and oxygen atoms in total. The summed E-state index contributed by atoms with van der Waals surface area (Å²) in [4.78, 5) is 22.7. The van der Waals surface area contributed by atoms with E-state index in [1.54, 1.807) is 6.92 Å². The fraction of sp³-hybridized carbons (Fsp3) is 0.273. The topological polar surface area (TPSA) is 81.4 Å². The van der Waals surface area contributed by atoms with E-state index in [4.69, 9.17) is 17.3 Å². The van der Waals surface area contributed by atoms with Crippen molar-refractivity contribution in [2.24, 2.45) is 5.73 Å². The zero-order valence-corrected chi connectivity index (χ0v) is 10.3. The second-order valence-corrected chi connectivity index (χ2v) is 3.78. The fourth-order valence-electron chi connectivity index (χ4n) is 1.14. The molecule has 0 aliphatic carbocycles. The number of anilines is 1. The first-order valence-corrected chi connectivity index (χ1v) is 5.51. The highest BCUT2D eigenvalue weighted by Crippen LogP contribution is 2.19. The Morgan fingerprint density at radius 1 is 1.56 bits per heavy atom. The molecule has 0 saturated heterocycles. The van der Waals surface area contributed by atoms with Crippen LogP contribution in [-0.4, -0.2) is 24.5 Å². The average molecular weight is 275 g/mol. The van der Waals surface area contributed by atoms with E-state index in [1.807, 2.05) is 0 Å². The molecule has 3 N–H and O–H groups in total. The summed E-state index contributed by atoms with van der Waals surface area (Å²) in [6.07, 6.45) is 0. The molecule has 1 amide bonds. The van der Waals surface area contributed by atoms with Gasteiger partial charge in [-0.25, -0.2) is 9.18 Å². The maximum atomic E-state index is 13.3. The first-order valence-electron chi connectivity index (χ1n) is 5.13. The minimum Gasteiger partial charge on any atom is -0.464 e. The van der Waals surface area contributed by atoms with E-state index in [1.165, 1.54) is 12.1 Å². The van der Waals surface area contributed by atoms with Crippen LogP contribution >= 0.6 is 11.6 Å². The molecule has 0 aliphatic rings. The van der Waals surface area contributed by atoms with Crippen LogP contribution in [0.5, 0.6) is 0 Å². The number of halogens is 2. The van der Waals surface area contributed by atoms with Gasteiger partial charge >= 0.3 is 5.97 Å². The van der Waals surface area contributed by atoms with Gasteiger partial charge in [0.1, 0.15) is 5.82 Å². The lowest BCUT2D eigenvalue weighted by molar-refractivity contribution is -0.146. The predicted octanol–water partition coefficient (Wildman–Crippen LogP) is 1.31. The summed E-state index contributed by atoms with van der Waals surface area (Å²) in [5, 5.41) is 2.41. The number of carbonyl (C=O) groups excluding carboxylic acids is 2. The molecule has 0 fully saturated rings. The van der Waals surface area contributed by atoms with Crippen LogP contribution in [-0.2, 0) is 14.3 Å². The number of carbonyl (C=O) groups is 2. The smallest absolute Gasteiger partial charge is 0.332 e. The van der Waals surface area contributed by atoms with Crippen molar-refractivity contribution in [3.05, 3.63) is 29.0 Å². The Morgan fingerprint density at radius 3 is 2.83 bits per heavy atom. The predicted molar refractivity (Wildman–Crippen MR) is 64.6 cm³/mol. The minimum atomic E-state index is -1.51. The average Bonchev–Trinajstić information content (AvgIpc) is 2.33. The molecule has 1 aromatic carbocycles. The molecule has 1 rings (SSSR count). The third kappa shape index (κ3) is 3.68. The molecule has 18 heavy (non-hydrogen) atoms. The van der Waals surface area contributed by atoms with Crippen molar-refractivity contribution >= 4 is 29.2 Å². The molecule has 0 saturated carbocycles. The quantitative estimate of drug-likeness (QED) is 0.641. The van der Waals surface area contributed by atoms with Crippen molar-refractivity contribution in [1.82, 2.24) is 0 Å². The van der Waals surface area contributed by atoms with Gasteiger partial charge in [0.15, 0.2) is 6.04 Å². The van der Waals surface area contributed by atoms with Gasteiger partial charge in [0.25, 0.3) is 5.91 Å². The van der Waals surface area contributed by atoms with E-state index in [0.29, 0.717) is 0 Å². The lowest BCUT2D eigenvalue weighted by atomic mass is 10.2. The van der Waals surface area contributed by atoms with Crippen LogP contribution < -0.4 is 11.1 Å². The van der Waals surface area contributed by atoms with E-state index in [0.717, 1.165) is 6.07 Å². The van der Waals surface area contributed by atoms with Crippen molar-refractivity contribution in [3.8, 4) is 0 Å². The minimum absolute atomic E-state index is 0.103. The maximum Gasteiger partial charge on any atom is 0.332 e. The standard InChI is InChI=1S/C11H12ClFN2O3/c1-2-18-11(17)9(14)10(16)15-8-5-6(12)3-4-7(8)13/h3-5,9H,2,14H2,1H3,(H,15,16). The van der Waals surface area contributed by atoms with Crippen LogP contribution in [0.3, 0.4) is 0 Å². The molecule has 0 aromatic heterocycles. The number of nitrogens with two attached hydrogens (primary N) is 1. The second-order valence-electron chi connectivity index (χ2n) is 3.34. The molecule has 7 heteroatoms. The number of ether oxygens (including phenoxy) is 1. The number of benzene rings is 1. The number of amides is 1. The number of nitrogens with one attached hydrogen (secondary N) is 1. The summed E-state index contributed by atoms with van der Waals surface area (Å²) >= 11 is 5.65. The van der Waals surface area contributed by atoms with Gasteiger partial charge in [-0.05, 0) is 25.1 Å². The Labute approximate surface area is 108 Å². The molecule has 0 bridgehead atoms. The van der Waals surface area contributed by atoms with Crippen LogP contribution in [0.2, 0.25) is 5.02 Å². The molecular formula is C11H12ClFN2O3. The van der Waals surface area contributed by atoms with Gasteiger partial charge in [-0.1, -0.05) is 11.6 Å². The van der Waals surface area contributed by atoms with E-state index >= 15 is 0 Å². The van der Waals surface area contributed by atoms with Crippen molar-refractivity contribution in [3.63, 3.8) is 0 Å². The molecule has 0 radical (unpaired) electrons. The van der Waals surface area contributed by atoms with Crippen molar-refractivity contribution < 1.29 is 18.7 Å². The summed E-state index contributed by atoms with van der Waals surface area (Å²) in [5.41, 5.74) is 5.19. The Bertz CT molecular complexity index is 468. The SMILES string of the molecule is CCOC(=O)C(N)C(=O)Nc1cc(Cl)ccc1F. The molecule has 1 atom stereocenters. The third-order valence-electron chi connectivity index (χ3n) is 2.01. The molecule has 0 spiro atoms. The van der Waals surface area contributed by atoms with Crippen LogP contribution in [0.15, 0.2) is 18.2 Å². The van der Waals surface area contributed by atoms with E-state index in [-0.39, 0.29) is 17.3 Å². The monoisotopic (exact) mass is 274 g/mol. The molecule has 98 valence electrons. The van der Waals surface area contributed by atoms with Gasteiger partial charge in [-0.2, -0.15) is 0 Å². The van der Waals surface area contributed by atoms with Gasteiger partial charge in [0.2, 0.25) is 0 Å². The molecule has 1 unspecified atom stereocenters. The Hall–Kier alpha value is -1.66. The number of esters is 1. The van der Waals surface area contributed by atoms with Crippen LogP contribution in [0.4, 0.5) is 10.1 Å². The Kier molecular flexibility index (Phi) is 5.06. The molecular weight excluding hydrogens is 263 g/mol. The number of rotatable bonds is 4. The normalized spacial score (nSPS) is 11.8. The summed E-state index contributed by atoms with van der Waals surface area (Å²) < 4.78 is 17.9. The molecule has 1 aromatic rings. The van der Waals surface area contributed by atoms with Crippen molar-refractivity contribution in [2.75, 3.05) is 11.9 Å². The lowest BCUT2D eigenvalue weighted by Gasteiger charge is -2.11. The van der Waals surface area contributed by atoms with E-state index < -0.39 is 23.7 Å². The highest BCUT2D eigenvalue weighted by Gasteiger charge is 2.24. The van der Waals surface area contributed by atoms with Gasteiger partial charge < -0.3 is 15.8 Å². The van der Waals surface area contributed by atoms with Crippen molar-refractivity contribution in [1.29, 1.82) is 0 Å². The highest BCUT2D eigenvalue weighted by atomic mass is 35.5. The summed E-state index contributed by atoms with van der Waals surface area (Å²) in [6, 6.07) is 2.13. The van der Waals surface area contributed by atoms with Gasteiger partial charge in [-0.3, -0.25) is 4.79 Å².